The van der Waals surface area contributed by atoms with Crippen molar-refractivity contribution in [3.05, 3.63) is 0 Å². The highest BCUT2D eigenvalue weighted by molar-refractivity contribution is 7.85. The minimum absolute atomic E-state index is 0.132. The van der Waals surface area contributed by atoms with Crippen LogP contribution in [0, 0.1) is 0 Å². The van der Waals surface area contributed by atoms with Gasteiger partial charge in [0.1, 0.15) is 0 Å². The van der Waals surface area contributed by atoms with E-state index in [1.165, 1.54) is 0 Å². The highest BCUT2D eigenvalue weighted by Crippen LogP contribution is 2.01. The molecule has 0 radical (unpaired) electrons. The fourth-order valence-corrected chi connectivity index (χ4v) is 1.03. The summed E-state index contributed by atoms with van der Waals surface area (Å²) >= 11 is 0. The average molecular weight is 151 g/mol. The molecule has 0 aromatic rings. The van der Waals surface area contributed by atoms with E-state index in [1.807, 2.05) is 4.90 Å². The molecule has 1 fully saturated rings. The summed E-state index contributed by atoms with van der Waals surface area (Å²) in [7, 11) is -3.72. The third-order valence-corrected chi connectivity index (χ3v) is 1.90. The van der Waals surface area contributed by atoms with Crippen molar-refractivity contribution in [3.8, 4) is 0 Å². The van der Waals surface area contributed by atoms with Gasteiger partial charge in [-0.1, -0.05) is 0 Å². The summed E-state index contributed by atoms with van der Waals surface area (Å²) in [5.74, 6) is -0.132. The van der Waals surface area contributed by atoms with Crippen molar-refractivity contribution in [2.75, 3.05) is 25.4 Å². The molecule has 0 aromatic heterocycles. The van der Waals surface area contributed by atoms with Gasteiger partial charge in [-0.25, -0.2) is 0 Å². The zero-order chi connectivity index (χ0) is 6.91. The fraction of sp³-hybridized carbons (Fsp3) is 1.00. The predicted octanol–water partition coefficient (Wildman–Crippen LogP) is -0.810. The second kappa shape index (κ2) is 2.24. The predicted molar refractivity (Wildman–Crippen MR) is 32.9 cm³/mol. The zero-order valence-corrected chi connectivity index (χ0v) is 5.76. The summed E-state index contributed by atoms with van der Waals surface area (Å²) in [4.78, 5) is 1.94. The van der Waals surface area contributed by atoms with Gasteiger partial charge in [0.05, 0.1) is 5.75 Å². The van der Waals surface area contributed by atoms with Crippen LogP contribution < -0.4 is 0 Å². The van der Waals surface area contributed by atoms with Crippen molar-refractivity contribution < 1.29 is 13.0 Å². The van der Waals surface area contributed by atoms with E-state index in [-0.39, 0.29) is 5.75 Å². The number of hydrogen-bond acceptors (Lipinski definition) is 3. The van der Waals surface area contributed by atoms with Gasteiger partial charge in [0.15, 0.2) is 0 Å². The Morgan fingerprint density at radius 3 is 2.33 bits per heavy atom. The topological polar surface area (TPSA) is 57.4 Å². The van der Waals surface area contributed by atoms with Gasteiger partial charge < -0.3 is 0 Å². The Labute approximate surface area is 54.2 Å². The Hall–Kier alpha value is -0.130. The molecule has 9 heavy (non-hydrogen) atoms. The molecular formula is C4H9NO3S. The molecule has 1 aliphatic heterocycles. The van der Waals surface area contributed by atoms with Gasteiger partial charge in [-0.2, -0.15) is 8.42 Å². The smallest absolute Gasteiger partial charge is 0.266 e. The Balaban J connectivity index is 2.18. The quantitative estimate of drug-likeness (QED) is 0.423. The standard InChI is InChI=1S/C4H9NO3S/c6-9(7,8)4-3-5-1-2-5/h1-4H2,(H,6,7,8). The SMILES string of the molecule is O=S(=O)(O)CCN1CC1. The molecule has 54 valence electrons. The number of nitrogens with zero attached hydrogens (tertiary/aromatic N) is 1. The van der Waals surface area contributed by atoms with Crippen LogP contribution in [0.15, 0.2) is 0 Å². The number of hydrogen-bond donors (Lipinski definition) is 1. The highest BCUT2D eigenvalue weighted by Gasteiger charge is 2.18. The van der Waals surface area contributed by atoms with Crippen LogP contribution in [0.1, 0.15) is 0 Å². The minimum Gasteiger partial charge on any atom is -0.300 e. The molecule has 0 amide bonds. The molecule has 0 atom stereocenters. The van der Waals surface area contributed by atoms with E-state index in [9.17, 15) is 8.42 Å². The van der Waals surface area contributed by atoms with Crippen molar-refractivity contribution in [1.29, 1.82) is 0 Å². The van der Waals surface area contributed by atoms with Crippen LogP contribution in [0.25, 0.3) is 0 Å². The minimum atomic E-state index is -3.72. The average Bonchev–Trinajstić information content (AvgIpc) is 2.38. The maximum atomic E-state index is 10.1. The third-order valence-electron chi connectivity index (χ3n) is 1.21. The molecule has 4 nitrogen and oxygen atoms in total. The van der Waals surface area contributed by atoms with Crippen molar-refractivity contribution in [2.24, 2.45) is 0 Å². The van der Waals surface area contributed by atoms with E-state index in [4.69, 9.17) is 4.55 Å². The van der Waals surface area contributed by atoms with Crippen LogP contribution in [-0.2, 0) is 10.1 Å². The van der Waals surface area contributed by atoms with Crippen LogP contribution in [-0.4, -0.2) is 43.3 Å². The monoisotopic (exact) mass is 151 g/mol. The summed E-state index contributed by atoms with van der Waals surface area (Å²) in [6.07, 6.45) is 0. The summed E-state index contributed by atoms with van der Waals surface area (Å²) < 4.78 is 28.4. The Bertz CT molecular complexity index is 182. The molecule has 1 rings (SSSR count). The first-order valence-corrected chi connectivity index (χ1v) is 4.36. The van der Waals surface area contributed by atoms with Gasteiger partial charge in [-0.15, -0.1) is 0 Å². The summed E-state index contributed by atoms with van der Waals surface area (Å²) in [5.41, 5.74) is 0. The first kappa shape index (κ1) is 6.98. The molecule has 0 bridgehead atoms. The molecule has 0 aromatic carbocycles. The molecule has 0 saturated carbocycles. The molecule has 0 unspecified atom stereocenters. The lowest BCUT2D eigenvalue weighted by Gasteiger charge is -1.95. The van der Waals surface area contributed by atoms with Crippen LogP contribution in [0.5, 0.6) is 0 Å². The molecule has 1 aliphatic rings. The van der Waals surface area contributed by atoms with E-state index < -0.39 is 10.1 Å². The van der Waals surface area contributed by atoms with Crippen LogP contribution in [0.4, 0.5) is 0 Å². The van der Waals surface area contributed by atoms with Gasteiger partial charge in [0.2, 0.25) is 0 Å². The summed E-state index contributed by atoms with van der Waals surface area (Å²) in [6.45, 7) is 2.41. The molecular weight excluding hydrogens is 142 g/mol. The summed E-state index contributed by atoms with van der Waals surface area (Å²) in [5, 5.41) is 0. The van der Waals surface area contributed by atoms with Crippen molar-refractivity contribution in [2.45, 2.75) is 0 Å². The second-order valence-corrected chi connectivity index (χ2v) is 3.70. The van der Waals surface area contributed by atoms with Crippen LogP contribution >= 0.6 is 0 Å². The Morgan fingerprint density at radius 1 is 1.44 bits per heavy atom. The molecule has 1 N–H and O–H groups in total. The van der Waals surface area contributed by atoms with Gasteiger partial charge in [0.25, 0.3) is 10.1 Å². The first-order chi connectivity index (χ1) is 4.08. The van der Waals surface area contributed by atoms with Crippen LogP contribution in [0.2, 0.25) is 0 Å². The van der Waals surface area contributed by atoms with Gasteiger partial charge >= 0.3 is 0 Å². The van der Waals surface area contributed by atoms with E-state index >= 15 is 0 Å². The maximum absolute atomic E-state index is 10.1. The van der Waals surface area contributed by atoms with E-state index in [2.05, 4.69) is 0 Å². The molecule has 5 heteroatoms. The van der Waals surface area contributed by atoms with E-state index in [0.717, 1.165) is 13.1 Å². The largest absolute Gasteiger partial charge is 0.300 e. The maximum Gasteiger partial charge on any atom is 0.266 e. The number of rotatable bonds is 3. The molecule has 1 saturated heterocycles. The highest BCUT2D eigenvalue weighted by atomic mass is 32.2. The van der Waals surface area contributed by atoms with Gasteiger partial charge in [-0.05, 0) is 0 Å². The third kappa shape index (κ3) is 3.45. The Kier molecular flexibility index (Phi) is 1.74. The van der Waals surface area contributed by atoms with Crippen molar-refractivity contribution in [3.63, 3.8) is 0 Å². The normalized spacial score (nSPS) is 20.1. The molecule has 1 heterocycles. The van der Waals surface area contributed by atoms with E-state index in [0.29, 0.717) is 6.54 Å². The van der Waals surface area contributed by atoms with Crippen molar-refractivity contribution >= 4 is 10.1 Å². The lowest BCUT2D eigenvalue weighted by atomic mass is 10.8. The first-order valence-electron chi connectivity index (χ1n) is 2.75. The van der Waals surface area contributed by atoms with Crippen LogP contribution in [0.3, 0.4) is 0 Å². The molecule has 0 spiro atoms. The van der Waals surface area contributed by atoms with E-state index in [1.54, 1.807) is 0 Å². The second-order valence-electron chi connectivity index (χ2n) is 2.13. The summed E-state index contributed by atoms with van der Waals surface area (Å²) in [6, 6.07) is 0. The molecule has 0 aliphatic carbocycles. The lowest BCUT2D eigenvalue weighted by Crippen LogP contribution is -2.13. The van der Waals surface area contributed by atoms with Gasteiger partial charge in [0, 0.05) is 19.6 Å². The zero-order valence-electron chi connectivity index (χ0n) is 4.95. The Morgan fingerprint density at radius 2 is 2.00 bits per heavy atom. The fourth-order valence-electron chi connectivity index (χ4n) is 0.539. The lowest BCUT2D eigenvalue weighted by molar-refractivity contribution is 0.473. The van der Waals surface area contributed by atoms with Gasteiger partial charge in [-0.3, -0.25) is 9.45 Å². The van der Waals surface area contributed by atoms with Crippen molar-refractivity contribution in [1.82, 2.24) is 4.90 Å².